The van der Waals surface area contributed by atoms with Crippen LogP contribution in [0.25, 0.3) is 9.88 Å². The van der Waals surface area contributed by atoms with Gasteiger partial charge in [-0.15, -0.1) is 22.7 Å². The van der Waals surface area contributed by atoms with Gasteiger partial charge in [0.2, 0.25) is 0 Å². The molecule has 0 aliphatic carbocycles. The number of aromatic nitrogens is 1. The molecule has 3 saturated heterocycles. The maximum Gasteiger partial charge on any atom is 0.408 e. The Kier molecular flexibility index (Phi) is 13.5. The van der Waals surface area contributed by atoms with E-state index in [9.17, 15) is 24.3 Å². The average molecular weight is 820 g/mol. The molecule has 2 aromatic heterocycles. The van der Waals surface area contributed by atoms with Crippen LogP contribution in [0.2, 0.25) is 0 Å². The summed E-state index contributed by atoms with van der Waals surface area (Å²) >= 11 is 2.95. The summed E-state index contributed by atoms with van der Waals surface area (Å²) in [6.07, 6.45) is -4.54. The maximum absolute atomic E-state index is 17.4. The quantitative estimate of drug-likeness (QED) is 0.214. The van der Waals surface area contributed by atoms with Crippen molar-refractivity contribution in [2.45, 2.75) is 134 Å². The molecule has 5 rings (SSSR count). The predicted molar refractivity (Wildman–Crippen MR) is 208 cm³/mol. The number of amides is 1. The SMILES string of the molecule is CC[C@H]1OC(=O)[C@H](C)C(=O)[C@H](C)[C@@H](O[C@@H]2O[C@H](C)C[C@H](N(C)C)[C@H]2O)[C@](C)(OCC#Cc2cnc(-c3cccs3)s2)C[C@](C)(F)C(=O)[C@H](C)[C@@H]2NC(=O)O[C@]12C. The molecular formula is C40H54FN3O10S2. The van der Waals surface area contributed by atoms with Crippen LogP contribution in [-0.2, 0) is 38.1 Å². The summed E-state index contributed by atoms with van der Waals surface area (Å²) in [4.78, 5) is 63.2. The summed E-state index contributed by atoms with van der Waals surface area (Å²) < 4.78 is 48.1. The van der Waals surface area contributed by atoms with E-state index >= 15 is 4.39 Å². The van der Waals surface area contributed by atoms with Gasteiger partial charge in [-0.3, -0.25) is 14.4 Å². The number of ether oxygens (including phenoxy) is 5. The normalized spacial score (nSPS) is 38.5. The van der Waals surface area contributed by atoms with E-state index in [2.05, 4.69) is 22.1 Å². The Bertz CT molecular complexity index is 1810. The van der Waals surface area contributed by atoms with Gasteiger partial charge in [0.25, 0.3) is 0 Å². The number of alkyl halides is 1. The van der Waals surface area contributed by atoms with E-state index in [-0.39, 0.29) is 19.1 Å². The lowest BCUT2D eigenvalue weighted by molar-refractivity contribution is -0.297. The van der Waals surface area contributed by atoms with Crippen molar-refractivity contribution in [3.8, 4) is 21.7 Å². The number of esters is 1. The van der Waals surface area contributed by atoms with Gasteiger partial charge in [0.15, 0.2) is 29.1 Å². The predicted octanol–water partition coefficient (Wildman–Crippen LogP) is 5.18. The van der Waals surface area contributed by atoms with Crippen molar-refractivity contribution in [2.24, 2.45) is 17.8 Å². The molecule has 56 heavy (non-hydrogen) atoms. The minimum Gasteiger partial charge on any atom is -0.458 e. The Morgan fingerprint density at radius 1 is 1.12 bits per heavy atom. The Hall–Kier alpha value is -3.30. The highest BCUT2D eigenvalue weighted by Crippen LogP contribution is 2.42. The lowest BCUT2D eigenvalue weighted by atomic mass is 9.72. The lowest BCUT2D eigenvalue weighted by Gasteiger charge is -2.47. The van der Waals surface area contributed by atoms with Crippen LogP contribution in [0.5, 0.6) is 0 Å². The number of carbonyl (C=O) groups is 4. The van der Waals surface area contributed by atoms with Gasteiger partial charge in [-0.1, -0.05) is 38.7 Å². The van der Waals surface area contributed by atoms with Crippen LogP contribution in [0.4, 0.5) is 9.18 Å². The smallest absolute Gasteiger partial charge is 0.408 e. The van der Waals surface area contributed by atoms with Gasteiger partial charge >= 0.3 is 12.1 Å². The van der Waals surface area contributed by atoms with Gasteiger partial charge in [-0.2, -0.15) is 0 Å². The molecule has 2 N–H and O–H groups in total. The molecule has 3 aliphatic rings. The number of cyclic esters (lactones) is 1. The molecule has 13 nitrogen and oxygen atoms in total. The summed E-state index contributed by atoms with van der Waals surface area (Å²) in [6, 6.07) is 2.41. The van der Waals surface area contributed by atoms with Gasteiger partial charge in [0.05, 0.1) is 39.8 Å². The second-order valence-electron chi connectivity index (χ2n) is 16.0. The number of carbonyl (C=O) groups excluding carboxylic acids is 4. The van der Waals surface area contributed by atoms with Crippen LogP contribution >= 0.6 is 22.7 Å². The Morgan fingerprint density at radius 2 is 1.84 bits per heavy atom. The number of halogens is 1. The molecule has 3 fully saturated rings. The monoisotopic (exact) mass is 819 g/mol. The molecule has 0 saturated carbocycles. The van der Waals surface area contributed by atoms with Crippen LogP contribution < -0.4 is 5.32 Å². The van der Waals surface area contributed by atoms with E-state index in [4.69, 9.17) is 23.7 Å². The second kappa shape index (κ2) is 17.3. The molecule has 13 atom stereocenters. The number of fused-ring (bicyclic) bond motifs is 1. The summed E-state index contributed by atoms with van der Waals surface area (Å²) in [5.41, 5.74) is -6.03. The number of aliphatic hydroxyl groups is 1. The number of hydrogen-bond acceptors (Lipinski definition) is 14. The van der Waals surface area contributed by atoms with Gasteiger partial charge in [0, 0.05) is 24.3 Å². The van der Waals surface area contributed by atoms with E-state index < -0.39 is 101 Å². The molecule has 5 heterocycles. The molecule has 0 aromatic carbocycles. The van der Waals surface area contributed by atoms with E-state index in [0.29, 0.717) is 11.3 Å². The number of thiophene rings is 1. The van der Waals surface area contributed by atoms with Gasteiger partial charge in [-0.25, -0.2) is 14.2 Å². The van der Waals surface area contributed by atoms with Crippen LogP contribution in [-0.4, -0.2) is 119 Å². The molecule has 308 valence electrons. The highest BCUT2D eigenvalue weighted by molar-refractivity contribution is 7.21. The zero-order valence-electron chi connectivity index (χ0n) is 33.6. The number of nitrogens with zero attached hydrogens (tertiary/aromatic N) is 2. The van der Waals surface area contributed by atoms with Crippen molar-refractivity contribution in [3.05, 3.63) is 28.6 Å². The summed E-state index contributed by atoms with van der Waals surface area (Å²) in [7, 11) is 3.63. The van der Waals surface area contributed by atoms with E-state index in [1.807, 2.05) is 43.4 Å². The van der Waals surface area contributed by atoms with Gasteiger partial charge in [-0.05, 0) is 73.0 Å². The van der Waals surface area contributed by atoms with Crippen LogP contribution in [0.1, 0.15) is 79.5 Å². The Morgan fingerprint density at radius 3 is 2.48 bits per heavy atom. The van der Waals surface area contributed by atoms with Crippen molar-refractivity contribution < 1.29 is 52.4 Å². The molecule has 1 amide bonds. The van der Waals surface area contributed by atoms with E-state index in [0.717, 1.165) is 16.8 Å². The maximum atomic E-state index is 17.4. The summed E-state index contributed by atoms with van der Waals surface area (Å²) in [5.74, 6) is -0.0991. The molecular weight excluding hydrogens is 766 g/mol. The summed E-state index contributed by atoms with van der Waals surface area (Å²) in [5, 5.41) is 16.9. The second-order valence-corrected chi connectivity index (χ2v) is 18.0. The summed E-state index contributed by atoms with van der Waals surface area (Å²) in [6.45, 7) is 11.8. The number of aliphatic hydroxyl groups excluding tert-OH is 1. The van der Waals surface area contributed by atoms with Gasteiger partial charge < -0.3 is 39.0 Å². The fourth-order valence-corrected chi connectivity index (χ4v) is 9.92. The zero-order valence-corrected chi connectivity index (χ0v) is 35.3. The van der Waals surface area contributed by atoms with E-state index in [1.165, 1.54) is 46.0 Å². The van der Waals surface area contributed by atoms with Crippen molar-refractivity contribution in [3.63, 3.8) is 0 Å². The Labute approximate surface area is 335 Å². The molecule has 16 heteroatoms. The third kappa shape index (κ3) is 9.04. The van der Waals surface area contributed by atoms with Crippen LogP contribution in [0.15, 0.2) is 23.7 Å². The highest BCUT2D eigenvalue weighted by atomic mass is 32.1. The number of alkyl carbamates (subject to hydrolysis) is 1. The Balaban J connectivity index is 1.58. The first-order valence-corrected chi connectivity index (χ1v) is 20.7. The molecule has 3 aliphatic heterocycles. The first-order valence-electron chi connectivity index (χ1n) is 19.0. The third-order valence-electron chi connectivity index (χ3n) is 11.3. The number of rotatable bonds is 7. The van der Waals surface area contributed by atoms with E-state index in [1.54, 1.807) is 24.5 Å². The van der Waals surface area contributed by atoms with Crippen molar-refractivity contribution in [2.75, 3.05) is 20.7 Å². The number of ketones is 2. The average Bonchev–Trinajstić information content (AvgIpc) is 3.91. The van der Waals surface area contributed by atoms with Crippen molar-refractivity contribution in [1.82, 2.24) is 15.2 Å². The third-order valence-corrected chi connectivity index (χ3v) is 13.3. The number of thiazole rings is 1. The van der Waals surface area contributed by atoms with Crippen LogP contribution in [0.3, 0.4) is 0 Å². The molecule has 0 unspecified atom stereocenters. The largest absolute Gasteiger partial charge is 0.458 e. The molecule has 2 aromatic rings. The number of likely N-dealkylation sites (N-methyl/N-ethyl adjacent to an activating group) is 1. The fraction of sp³-hybridized carbons (Fsp3) is 0.675. The minimum atomic E-state index is -2.65. The molecule has 0 radical (unpaired) electrons. The lowest BCUT2D eigenvalue weighted by Crippen LogP contribution is -2.62. The van der Waals surface area contributed by atoms with Gasteiger partial charge in [0.1, 0.15) is 29.7 Å². The zero-order chi connectivity index (χ0) is 41.3. The van der Waals surface area contributed by atoms with Crippen molar-refractivity contribution >= 4 is 46.3 Å². The number of Topliss-reactive ketones (excluding diaryl/α,β-unsaturated/α-hetero) is 2. The number of hydrogen-bond donors (Lipinski definition) is 2. The van der Waals surface area contributed by atoms with Crippen molar-refractivity contribution in [1.29, 1.82) is 0 Å². The molecule has 0 bridgehead atoms. The number of nitrogens with one attached hydrogen (secondary N) is 1. The van der Waals surface area contributed by atoms with Crippen LogP contribution in [0, 0.1) is 29.6 Å². The topological polar surface area (TPSA) is 163 Å². The first-order chi connectivity index (χ1) is 26.2. The fourth-order valence-electron chi connectivity index (χ4n) is 8.32. The standard InChI is InChI=1S/C40H54FN3O10S2/c1-11-28-40(8)31(43-37(49)54-40)24(5)32(47)38(6,41)20-39(7,50-16-12-14-25-19-42-34(56-25)27-15-13-17-55-27)33(22(3)29(45)23(4)35(48)52-28)53-36-30(46)26(44(9)10)18-21(2)51-36/h13,15,17,19,21-24,26,28,30-31,33,36,46H,11,16,18,20H2,1-10H3,(H,43,49)/t21-,22+,23-,24-,26+,28-,30-,31+,33-,36+,38+,39-,40-/m1/s1. The first kappa shape index (κ1) is 43.8. The highest BCUT2D eigenvalue weighted by Gasteiger charge is 2.59. The molecule has 0 spiro atoms. The minimum absolute atomic E-state index is 0.162.